The summed E-state index contributed by atoms with van der Waals surface area (Å²) in [5.41, 5.74) is 1.28. The summed E-state index contributed by atoms with van der Waals surface area (Å²) in [5, 5.41) is 12.9. The third kappa shape index (κ3) is 4.22. The van der Waals surface area contributed by atoms with E-state index < -0.39 is 0 Å². The van der Waals surface area contributed by atoms with Gasteiger partial charge in [0.05, 0.1) is 6.61 Å². The molecule has 0 aromatic heterocycles. The van der Waals surface area contributed by atoms with E-state index in [1.807, 2.05) is 6.07 Å². The second-order valence-corrected chi connectivity index (χ2v) is 5.66. The topological polar surface area (TPSA) is 41.5 Å². The minimum atomic E-state index is 0.288. The molecule has 0 amide bonds. The largest absolute Gasteiger partial charge is 0.493 e. The van der Waals surface area contributed by atoms with Crippen molar-refractivity contribution in [2.75, 3.05) is 19.8 Å². The minimum absolute atomic E-state index is 0.288. The summed E-state index contributed by atoms with van der Waals surface area (Å²) >= 11 is 0. The second kappa shape index (κ2) is 8.28. The maximum atomic E-state index is 9.16. The predicted octanol–water partition coefficient (Wildman–Crippen LogP) is 3.29. The third-order valence-electron chi connectivity index (χ3n) is 4.08. The van der Waals surface area contributed by atoms with Crippen molar-refractivity contribution in [3.8, 4) is 5.75 Å². The molecule has 0 fully saturated rings. The van der Waals surface area contributed by atoms with Crippen LogP contribution in [-0.2, 0) is 0 Å². The second-order valence-electron chi connectivity index (χ2n) is 5.66. The summed E-state index contributed by atoms with van der Waals surface area (Å²) in [7, 11) is 0. The number of nitrogens with one attached hydrogen (secondary N) is 1. The molecule has 0 aliphatic carbocycles. The lowest BCUT2D eigenvalue weighted by atomic mass is 9.97. The Hall–Kier alpha value is -1.06. The first-order chi connectivity index (χ1) is 9.85. The number of hydrogen-bond acceptors (Lipinski definition) is 3. The first kappa shape index (κ1) is 15.3. The molecule has 1 aliphatic heterocycles. The Balaban J connectivity index is 1.97. The van der Waals surface area contributed by atoms with E-state index >= 15 is 0 Å². The zero-order chi connectivity index (χ0) is 14.2. The van der Waals surface area contributed by atoms with E-state index in [1.165, 1.54) is 18.4 Å². The van der Waals surface area contributed by atoms with Crippen LogP contribution in [0.3, 0.4) is 0 Å². The van der Waals surface area contributed by atoms with Crippen LogP contribution < -0.4 is 10.1 Å². The van der Waals surface area contributed by atoms with E-state index in [2.05, 4.69) is 30.4 Å². The molecule has 2 rings (SSSR count). The highest BCUT2D eigenvalue weighted by Gasteiger charge is 2.19. The molecule has 3 heteroatoms. The van der Waals surface area contributed by atoms with Gasteiger partial charge in [0.2, 0.25) is 0 Å². The van der Waals surface area contributed by atoms with Gasteiger partial charge in [-0.3, -0.25) is 0 Å². The smallest absolute Gasteiger partial charge is 0.124 e. The van der Waals surface area contributed by atoms with Crippen molar-refractivity contribution >= 4 is 0 Å². The van der Waals surface area contributed by atoms with E-state index in [1.54, 1.807) is 0 Å². The van der Waals surface area contributed by atoms with Crippen LogP contribution in [0.15, 0.2) is 24.3 Å². The summed E-state index contributed by atoms with van der Waals surface area (Å²) in [6.07, 6.45) is 5.46. The molecule has 0 radical (unpaired) electrons. The van der Waals surface area contributed by atoms with Crippen LogP contribution in [-0.4, -0.2) is 24.9 Å². The Bertz CT molecular complexity index is 388. The van der Waals surface area contributed by atoms with Gasteiger partial charge < -0.3 is 15.2 Å². The lowest BCUT2D eigenvalue weighted by Gasteiger charge is -2.22. The van der Waals surface area contributed by atoms with Gasteiger partial charge in [0, 0.05) is 18.2 Å². The van der Waals surface area contributed by atoms with Gasteiger partial charge in [-0.15, -0.1) is 0 Å². The van der Waals surface area contributed by atoms with Crippen molar-refractivity contribution in [2.45, 2.75) is 45.1 Å². The van der Waals surface area contributed by atoms with Gasteiger partial charge in [-0.1, -0.05) is 31.5 Å². The fourth-order valence-corrected chi connectivity index (χ4v) is 2.99. The van der Waals surface area contributed by atoms with Crippen LogP contribution in [0.5, 0.6) is 5.75 Å². The van der Waals surface area contributed by atoms with Gasteiger partial charge in [-0.05, 0) is 44.2 Å². The highest BCUT2D eigenvalue weighted by atomic mass is 16.5. The van der Waals surface area contributed by atoms with Crippen molar-refractivity contribution in [3.05, 3.63) is 29.8 Å². The van der Waals surface area contributed by atoms with Crippen molar-refractivity contribution in [3.63, 3.8) is 0 Å². The normalized spacial score (nSPS) is 19.8. The number of ether oxygens (including phenoxy) is 1. The molecule has 1 aliphatic rings. The molecule has 0 saturated heterocycles. The Morgan fingerprint density at radius 3 is 3.00 bits per heavy atom. The highest BCUT2D eigenvalue weighted by Crippen LogP contribution is 2.31. The molecule has 1 aromatic carbocycles. The van der Waals surface area contributed by atoms with Gasteiger partial charge >= 0.3 is 0 Å². The summed E-state index contributed by atoms with van der Waals surface area (Å²) < 4.78 is 5.80. The molecule has 0 saturated carbocycles. The van der Waals surface area contributed by atoms with Crippen LogP contribution in [0.4, 0.5) is 0 Å². The maximum absolute atomic E-state index is 9.16. The van der Waals surface area contributed by atoms with Gasteiger partial charge in [-0.2, -0.15) is 0 Å². The number of hydrogen-bond donors (Lipinski definition) is 2. The Labute approximate surface area is 122 Å². The molecule has 2 unspecified atom stereocenters. The molecular formula is C17H27NO2. The van der Waals surface area contributed by atoms with E-state index in [-0.39, 0.29) is 6.61 Å². The Kier molecular flexibility index (Phi) is 6.34. The van der Waals surface area contributed by atoms with Gasteiger partial charge in [0.15, 0.2) is 0 Å². The lowest BCUT2D eigenvalue weighted by Crippen LogP contribution is -2.28. The number of para-hydroxylation sites is 1. The molecule has 2 N–H and O–H groups in total. The molecular weight excluding hydrogens is 250 g/mol. The monoisotopic (exact) mass is 277 g/mol. The van der Waals surface area contributed by atoms with Gasteiger partial charge in [-0.25, -0.2) is 0 Å². The summed E-state index contributed by atoms with van der Waals surface area (Å²) in [6, 6.07) is 8.73. The van der Waals surface area contributed by atoms with E-state index in [9.17, 15) is 0 Å². The average molecular weight is 277 g/mol. The van der Waals surface area contributed by atoms with Crippen LogP contribution >= 0.6 is 0 Å². The SMILES string of the molecule is CCCC(CCO)CNC1CCCOc2ccccc21. The first-order valence-corrected chi connectivity index (χ1v) is 7.91. The Morgan fingerprint density at radius 1 is 1.35 bits per heavy atom. The number of aliphatic hydroxyl groups excluding tert-OH is 1. The third-order valence-corrected chi connectivity index (χ3v) is 4.08. The van der Waals surface area contributed by atoms with Gasteiger partial charge in [0.1, 0.15) is 5.75 Å². The van der Waals surface area contributed by atoms with Crippen molar-refractivity contribution in [2.24, 2.45) is 5.92 Å². The predicted molar refractivity (Wildman–Crippen MR) is 82.0 cm³/mol. The number of fused-ring (bicyclic) bond motifs is 1. The fourth-order valence-electron chi connectivity index (χ4n) is 2.99. The van der Waals surface area contributed by atoms with Crippen LogP contribution in [0.25, 0.3) is 0 Å². The lowest BCUT2D eigenvalue weighted by molar-refractivity contribution is 0.244. The van der Waals surface area contributed by atoms with Crippen LogP contribution in [0, 0.1) is 5.92 Å². The van der Waals surface area contributed by atoms with E-state index in [4.69, 9.17) is 9.84 Å². The summed E-state index contributed by atoms with van der Waals surface area (Å²) in [5.74, 6) is 1.60. The first-order valence-electron chi connectivity index (χ1n) is 7.91. The van der Waals surface area contributed by atoms with Crippen molar-refractivity contribution < 1.29 is 9.84 Å². The number of rotatable bonds is 7. The van der Waals surface area contributed by atoms with Crippen LogP contribution in [0.2, 0.25) is 0 Å². The molecule has 0 bridgehead atoms. The minimum Gasteiger partial charge on any atom is -0.493 e. The standard InChI is InChI=1S/C17H27NO2/c1-2-6-14(10-11-19)13-18-16-8-5-12-20-17-9-4-3-7-15(16)17/h3-4,7,9,14,16,18-19H,2,5-6,8,10-13H2,1H3. The maximum Gasteiger partial charge on any atom is 0.124 e. The van der Waals surface area contributed by atoms with Crippen LogP contribution in [0.1, 0.15) is 50.6 Å². The summed E-state index contributed by atoms with van der Waals surface area (Å²) in [4.78, 5) is 0. The van der Waals surface area contributed by atoms with Crippen molar-refractivity contribution in [1.82, 2.24) is 5.32 Å². The molecule has 1 heterocycles. The molecule has 3 nitrogen and oxygen atoms in total. The molecule has 1 aromatic rings. The molecule has 0 spiro atoms. The van der Waals surface area contributed by atoms with Gasteiger partial charge in [0.25, 0.3) is 0 Å². The molecule has 2 atom stereocenters. The zero-order valence-electron chi connectivity index (χ0n) is 12.5. The number of benzene rings is 1. The molecule has 112 valence electrons. The fraction of sp³-hybridized carbons (Fsp3) is 0.647. The average Bonchev–Trinajstić information content (AvgIpc) is 2.67. The van der Waals surface area contributed by atoms with Crippen molar-refractivity contribution in [1.29, 1.82) is 0 Å². The quantitative estimate of drug-likeness (QED) is 0.803. The molecule has 20 heavy (non-hydrogen) atoms. The van der Waals surface area contributed by atoms with E-state index in [0.29, 0.717) is 12.0 Å². The van der Waals surface area contributed by atoms with E-state index in [0.717, 1.165) is 38.2 Å². The number of aliphatic hydroxyl groups is 1. The Morgan fingerprint density at radius 2 is 2.20 bits per heavy atom. The zero-order valence-corrected chi connectivity index (χ0v) is 12.5. The highest BCUT2D eigenvalue weighted by molar-refractivity contribution is 5.36. The summed E-state index contributed by atoms with van der Waals surface area (Å²) in [6.45, 7) is 4.29.